The van der Waals surface area contributed by atoms with Gasteiger partial charge in [0.25, 0.3) is 0 Å². The lowest BCUT2D eigenvalue weighted by Crippen LogP contribution is -2.32. The van der Waals surface area contributed by atoms with Gasteiger partial charge in [-0.25, -0.2) is 9.97 Å². The van der Waals surface area contributed by atoms with E-state index in [1.165, 1.54) is 12.7 Å². The lowest BCUT2D eigenvalue weighted by molar-refractivity contribution is 0.162. The second kappa shape index (κ2) is 6.51. The maximum atomic E-state index is 8.93. The number of ether oxygens (including phenoxy) is 1. The lowest BCUT2D eigenvalue weighted by Gasteiger charge is -2.22. The van der Waals surface area contributed by atoms with E-state index in [4.69, 9.17) is 21.6 Å². The van der Waals surface area contributed by atoms with Crippen LogP contribution in [0.4, 0.5) is 11.5 Å². The first-order chi connectivity index (χ1) is 12.1. The van der Waals surface area contributed by atoms with E-state index in [-0.39, 0.29) is 6.10 Å². The number of anilines is 2. The van der Waals surface area contributed by atoms with Crippen molar-refractivity contribution in [1.82, 2.24) is 15.3 Å². The molecule has 2 aromatic rings. The fourth-order valence-electron chi connectivity index (χ4n) is 3.54. The molecule has 7 heteroatoms. The number of hydrogen-bond donors (Lipinski definition) is 2. The van der Waals surface area contributed by atoms with Gasteiger partial charge in [-0.05, 0) is 38.0 Å². The van der Waals surface area contributed by atoms with Crippen LogP contribution >= 0.6 is 11.6 Å². The molecule has 3 unspecified atom stereocenters. The molecule has 2 bridgehead atoms. The van der Waals surface area contributed by atoms with E-state index in [0.29, 0.717) is 40.1 Å². The maximum absolute atomic E-state index is 8.93. The second-order valence-electron chi connectivity index (χ2n) is 6.52. The van der Waals surface area contributed by atoms with Crippen LogP contribution < -0.4 is 15.4 Å². The Bertz CT molecular complexity index is 850. The third-order valence-electron chi connectivity index (χ3n) is 4.89. The molecule has 0 aliphatic carbocycles. The number of hydrogen-bond acceptors (Lipinski definition) is 6. The van der Waals surface area contributed by atoms with Crippen molar-refractivity contribution in [2.24, 2.45) is 0 Å². The SMILES string of the molecule is Cc1c(Nc2ccc(C#N)cc2Cl)ncnc1OC1CC2CCC1N2. The summed E-state index contributed by atoms with van der Waals surface area (Å²) in [4.78, 5) is 8.60. The van der Waals surface area contributed by atoms with Crippen molar-refractivity contribution < 1.29 is 4.74 Å². The summed E-state index contributed by atoms with van der Waals surface area (Å²) >= 11 is 6.23. The van der Waals surface area contributed by atoms with E-state index in [2.05, 4.69) is 26.7 Å². The number of halogens is 1. The molecular formula is C18H18ClN5O. The number of nitriles is 1. The van der Waals surface area contributed by atoms with Gasteiger partial charge >= 0.3 is 0 Å². The van der Waals surface area contributed by atoms with Crippen LogP contribution in [0.3, 0.4) is 0 Å². The van der Waals surface area contributed by atoms with E-state index in [0.717, 1.165) is 18.4 Å². The van der Waals surface area contributed by atoms with Gasteiger partial charge in [0.15, 0.2) is 0 Å². The largest absolute Gasteiger partial charge is 0.472 e. The highest BCUT2D eigenvalue weighted by Crippen LogP contribution is 2.33. The predicted octanol–water partition coefficient (Wildman–Crippen LogP) is 3.33. The summed E-state index contributed by atoms with van der Waals surface area (Å²) in [5, 5.41) is 16.2. The van der Waals surface area contributed by atoms with Gasteiger partial charge in [0.05, 0.1) is 27.9 Å². The summed E-state index contributed by atoms with van der Waals surface area (Å²) in [6, 6.07) is 8.17. The topological polar surface area (TPSA) is 82.9 Å². The molecule has 0 amide bonds. The molecule has 2 aliphatic rings. The molecule has 128 valence electrons. The zero-order valence-corrected chi connectivity index (χ0v) is 14.5. The van der Waals surface area contributed by atoms with Crippen LogP contribution in [0, 0.1) is 18.3 Å². The first kappa shape index (κ1) is 16.1. The van der Waals surface area contributed by atoms with Gasteiger partial charge < -0.3 is 15.4 Å². The van der Waals surface area contributed by atoms with Gasteiger partial charge in [0, 0.05) is 18.5 Å². The van der Waals surface area contributed by atoms with Crippen LogP contribution in [-0.4, -0.2) is 28.2 Å². The summed E-state index contributed by atoms with van der Waals surface area (Å²) in [6.07, 6.45) is 5.07. The molecule has 3 atom stereocenters. The fraction of sp³-hybridized carbons (Fsp3) is 0.389. The van der Waals surface area contributed by atoms with Gasteiger partial charge in [-0.3, -0.25) is 0 Å². The van der Waals surface area contributed by atoms with E-state index < -0.39 is 0 Å². The molecule has 2 fully saturated rings. The number of rotatable bonds is 4. The zero-order valence-electron chi connectivity index (χ0n) is 13.8. The second-order valence-corrected chi connectivity index (χ2v) is 6.93. The van der Waals surface area contributed by atoms with Crippen LogP contribution in [-0.2, 0) is 0 Å². The van der Waals surface area contributed by atoms with E-state index in [1.54, 1.807) is 18.2 Å². The molecule has 1 aromatic heterocycles. The first-order valence-corrected chi connectivity index (χ1v) is 8.73. The quantitative estimate of drug-likeness (QED) is 0.875. The standard InChI is InChI=1S/C18H18ClN5O/c1-10-17(24-14-4-2-11(8-20)6-13(14)19)21-9-22-18(10)25-16-7-12-3-5-15(16)23-12/h2,4,6,9,12,15-16,23H,3,5,7H2,1H3,(H,21,22,24). The fourth-order valence-corrected chi connectivity index (χ4v) is 3.77. The summed E-state index contributed by atoms with van der Waals surface area (Å²) in [5.74, 6) is 1.24. The molecular weight excluding hydrogens is 338 g/mol. The third kappa shape index (κ3) is 3.13. The van der Waals surface area contributed by atoms with Crippen molar-refractivity contribution in [2.45, 2.75) is 44.4 Å². The minimum Gasteiger partial charge on any atom is -0.472 e. The van der Waals surface area contributed by atoms with Crippen molar-refractivity contribution in [3.05, 3.63) is 40.7 Å². The Morgan fingerprint density at radius 3 is 2.92 bits per heavy atom. The van der Waals surface area contributed by atoms with Crippen molar-refractivity contribution >= 4 is 23.1 Å². The highest BCUT2D eigenvalue weighted by Gasteiger charge is 2.40. The number of nitrogens with zero attached hydrogens (tertiary/aromatic N) is 3. The monoisotopic (exact) mass is 355 g/mol. The maximum Gasteiger partial charge on any atom is 0.221 e. The third-order valence-corrected chi connectivity index (χ3v) is 5.21. The highest BCUT2D eigenvalue weighted by molar-refractivity contribution is 6.33. The Morgan fingerprint density at radius 1 is 1.36 bits per heavy atom. The van der Waals surface area contributed by atoms with Crippen LogP contribution in [0.2, 0.25) is 5.02 Å². The molecule has 6 nitrogen and oxygen atoms in total. The van der Waals surface area contributed by atoms with Gasteiger partial charge in [0.1, 0.15) is 18.2 Å². The zero-order chi connectivity index (χ0) is 17.4. The Kier molecular flexibility index (Phi) is 4.20. The van der Waals surface area contributed by atoms with Crippen LogP contribution in [0.1, 0.15) is 30.4 Å². The van der Waals surface area contributed by atoms with Crippen molar-refractivity contribution in [3.8, 4) is 11.9 Å². The van der Waals surface area contributed by atoms with E-state index in [9.17, 15) is 0 Å². The van der Waals surface area contributed by atoms with Crippen molar-refractivity contribution in [3.63, 3.8) is 0 Å². The molecule has 2 N–H and O–H groups in total. The highest BCUT2D eigenvalue weighted by atomic mass is 35.5. The molecule has 0 saturated carbocycles. The van der Waals surface area contributed by atoms with Crippen LogP contribution in [0.15, 0.2) is 24.5 Å². The molecule has 0 spiro atoms. The molecule has 25 heavy (non-hydrogen) atoms. The van der Waals surface area contributed by atoms with Gasteiger partial charge in [-0.15, -0.1) is 0 Å². The molecule has 2 aliphatic heterocycles. The summed E-state index contributed by atoms with van der Waals surface area (Å²) in [7, 11) is 0. The number of nitrogens with one attached hydrogen (secondary N) is 2. The Labute approximate surface area is 151 Å². The number of aromatic nitrogens is 2. The van der Waals surface area contributed by atoms with Gasteiger partial charge in [0.2, 0.25) is 5.88 Å². The average Bonchev–Trinajstić information content (AvgIpc) is 3.23. The van der Waals surface area contributed by atoms with Gasteiger partial charge in [-0.1, -0.05) is 11.6 Å². The minimum atomic E-state index is 0.165. The first-order valence-electron chi connectivity index (χ1n) is 8.35. The molecule has 0 radical (unpaired) electrons. The molecule has 3 heterocycles. The number of fused-ring (bicyclic) bond motifs is 2. The van der Waals surface area contributed by atoms with Crippen LogP contribution in [0.25, 0.3) is 0 Å². The van der Waals surface area contributed by atoms with Crippen molar-refractivity contribution in [2.75, 3.05) is 5.32 Å². The normalized spacial score (nSPS) is 24.1. The van der Waals surface area contributed by atoms with Gasteiger partial charge in [-0.2, -0.15) is 5.26 Å². The van der Waals surface area contributed by atoms with E-state index >= 15 is 0 Å². The van der Waals surface area contributed by atoms with Crippen molar-refractivity contribution in [1.29, 1.82) is 5.26 Å². The summed E-state index contributed by atoms with van der Waals surface area (Å²) < 4.78 is 6.16. The minimum absolute atomic E-state index is 0.165. The smallest absolute Gasteiger partial charge is 0.221 e. The Hall–Kier alpha value is -2.36. The lowest BCUT2D eigenvalue weighted by atomic mass is 9.98. The average molecular weight is 356 g/mol. The summed E-state index contributed by atoms with van der Waals surface area (Å²) in [5.41, 5.74) is 2.04. The number of benzene rings is 1. The Balaban J connectivity index is 1.54. The Morgan fingerprint density at radius 2 is 2.24 bits per heavy atom. The molecule has 2 saturated heterocycles. The predicted molar refractivity (Wildman–Crippen MR) is 95.2 cm³/mol. The molecule has 1 aromatic carbocycles. The van der Waals surface area contributed by atoms with E-state index in [1.807, 2.05) is 6.92 Å². The van der Waals surface area contributed by atoms with Crippen LogP contribution in [0.5, 0.6) is 5.88 Å². The summed E-state index contributed by atoms with van der Waals surface area (Å²) in [6.45, 7) is 1.93. The molecule has 4 rings (SSSR count).